The largest absolute Gasteiger partial charge is 0.462 e. The Hall–Kier alpha value is -2.47. The van der Waals surface area contributed by atoms with E-state index in [0.717, 1.165) is 20.8 Å². The van der Waals surface area contributed by atoms with E-state index in [0.29, 0.717) is 24.1 Å². The van der Waals surface area contributed by atoms with Crippen molar-refractivity contribution in [2.75, 3.05) is 6.61 Å². The first kappa shape index (κ1) is 16.4. The number of carbonyl (C=O) groups is 1. The normalized spacial score (nSPS) is 11.0. The molecule has 3 aromatic rings. The summed E-state index contributed by atoms with van der Waals surface area (Å²) in [6.45, 7) is 6.41. The third kappa shape index (κ3) is 2.97. The number of hydrogen-bond acceptors (Lipinski definition) is 5. The molecule has 0 radical (unpaired) electrons. The molecule has 0 atom stereocenters. The predicted molar refractivity (Wildman–Crippen MR) is 94.9 cm³/mol. The van der Waals surface area contributed by atoms with Gasteiger partial charge in [-0.2, -0.15) is 0 Å². The summed E-state index contributed by atoms with van der Waals surface area (Å²) in [5, 5.41) is 0.682. The Morgan fingerprint density at radius 3 is 2.88 bits per heavy atom. The first-order chi connectivity index (χ1) is 11.5. The molecule has 2 heterocycles. The van der Waals surface area contributed by atoms with Crippen LogP contribution in [-0.2, 0) is 11.3 Å². The second-order valence-electron chi connectivity index (χ2n) is 5.56. The molecule has 0 saturated carbocycles. The molecular weight excluding hydrogens is 324 g/mol. The molecule has 0 aliphatic carbocycles. The van der Waals surface area contributed by atoms with Crippen LogP contribution in [0.5, 0.6) is 0 Å². The van der Waals surface area contributed by atoms with E-state index in [1.807, 2.05) is 19.9 Å². The van der Waals surface area contributed by atoms with Crippen molar-refractivity contribution < 1.29 is 9.53 Å². The lowest BCUT2D eigenvalue weighted by Gasteiger charge is -2.08. The molecule has 0 unspecified atom stereocenters. The highest BCUT2D eigenvalue weighted by Gasteiger charge is 2.13. The zero-order valence-electron chi connectivity index (χ0n) is 13.8. The van der Waals surface area contributed by atoms with E-state index in [2.05, 4.69) is 4.98 Å². The molecule has 0 aliphatic heterocycles. The van der Waals surface area contributed by atoms with Crippen LogP contribution in [0, 0.1) is 13.8 Å². The highest BCUT2D eigenvalue weighted by atomic mass is 32.1. The van der Waals surface area contributed by atoms with Gasteiger partial charge in [0.05, 0.1) is 30.4 Å². The molecule has 0 bridgehead atoms. The van der Waals surface area contributed by atoms with Gasteiger partial charge >= 0.3 is 5.97 Å². The van der Waals surface area contributed by atoms with Gasteiger partial charge in [-0.25, -0.2) is 9.78 Å². The smallest absolute Gasteiger partial charge is 0.338 e. The summed E-state index contributed by atoms with van der Waals surface area (Å²) in [6, 6.07) is 7.13. The van der Waals surface area contributed by atoms with Gasteiger partial charge in [-0.3, -0.25) is 9.36 Å². The van der Waals surface area contributed by atoms with E-state index in [-0.39, 0.29) is 11.5 Å². The first-order valence-electron chi connectivity index (χ1n) is 7.72. The lowest BCUT2D eigenvalue weighted by atomic mass is 10.1. The lowest BCUT2D eigenvalue weighted by Crippen LogP contribution is -2.21. The van der Waals surface area contributed by atoms with Crippen LogP contribution in [0.2, 0.25) is 0 Å². The van der Waals surface area contributed by atoms with Crippen LogP contribution in [0.3, 0.4) is 0 Å². The molecule has 0 fully saturated rings. The van der Waals surface area contributed by atoms with Crippen LogP contribution in [0.4, 0.5) is 0 Å². The topological polar surface area (TPSA) is 61.2 Å². The molecule has 5 nitrogen and oxygen atoms in total. The molecule has 0 aliphatic rings. The predicted octanol–water partition coefficient (Wildman–Crippen LogP) is 3.30. The summed E-state index contributed by atoms with van der Waals surface area (Å²) in [5.41, 5.74) is 2.28. The summed E-state index contributed by atoms with van der Waals surface area (Å²) in [4.78, 5) is 30.8. The van der Waals surface area contributed by atoms with Gasteiger partial charge in [-0.05, 0) is 44.0 Å². The Bertz CT molecular complexity index is 972. The minimum atomic E-state index is -0.357. The fourth-order valence-electron chi connectivity index (χ4n) is 2.59. The zero-order chi connectivity index (χ0) is 17.3. The summed E-state index contributed by atoms with van der Waals surface area (Å²) in [6.07, 6.45) is 1.57. The maximum Gasteiger partial charge on any atom is 0.338 e. The van der Waals surface area contributed by atoms with E-state index < -0.39 is 0 Å². The van der Waals surface area contributed by atoms with Gasteiger partial charge < -0.3 is 4.74 Å². The van der Waals surface area contributed by atoms with Crippen LogP contribution >= 0.6 is 11.3 Å². The number of aryl methyl sites for hydroxylation is 2. The second kappa shape index (κ2) is 6.57. The van der Waals surface area contributed by atoms with Crippen molar-refractivity contribution >= 4 is 27.5 Å². The molecule has 0 saturated heterocycles. The number of hydrogen-bond donors (Lipinski definition) is 0. The number of ether oxygens (including phenoxy) is 1. The Balaban J connectivity index is 1.97. The van der Waals surface area contributed by atoms with Gasteiger partial charge in [0.25, 0.3) is 5.56 Å². The molecule has 0 N–H and O–H groups in total. The van der Waals surface area contributed by atoms with E-state index in [1.54, 1.807) is 36.0 Å². The number of thiophene rings is 1. The van der Waals surface area contributed by atoms with Crippen LogP contribution in [0.1, 0.15) is 33.3 Å². The fourth-order valence-corrected chi connectivity index (χ4v) is 3.58. The van der Waals surface area contributed by atoms with Crippen molar-refractivity contribution in [3.63, 3.8) is 0 Å². The highest BCUT2D eigenvalue weighted by Crippen LogP contribution is 2.25. The van der Waals surface area contributed by atoms with Crippen LogP contribution in [0.15, 0.2) is 35.4 Å². The molecule has 0 amide bonds. The van der Waals surface area contributed by atoms with E-state index in [4.69, 9.17) is 4.74 Å². The molecule has 2 aromatic heterocycles. The molecule has 3 rings (SSSR count). The number of rotatable bonds is 4. The molecule has 0 spiro atoms. The number of nitrogens with zero attached hydrogens (tertiary/aromatic N) is 2. The average molecular weight is 342 g/mol. The van der Waals surface area contributed by atoms with Crippen molar-refractivity contribution in [2.24, 2.45) is 0 Å². The third-order valence-corrected chi connectivity index (χ3v) is 5.06. The van der Waals surface area contributed by atoms with Crippen molar-refractivity contribution in [3.8, 4) is 0 Å². The van der Waals surface area contributed by atoms with Gasteiger partial charge in [0, 0.05) is 4.88 Å². The minimum Gasteiger partial charge on any atom is -0.462 e. The van der Waals surface area contributed by atoms with Gasteiger partial charge in [-0.1, -0.05) is 12.1 Å². The van der Waals surface area contributed by atoms with Crippen molar-refractivity contribution in [3.05, 3.63) is 62.5 Å². The van der Waals surface area contributed by atoms with E-state index >= 15 is 0 Å². The Labute approximate surface area is 143 Å². The van der Waals surface area contributed by atoms with Gasteiger partial charge in [0.15, 0.2) is 0 Å². The second-order valence-corrected chi connectivity index (χ2v) is 6.77. The number of esters is 1. The third-order valence-electron chi connectivity index (χ3n) is 3.95. The molecule has 124 valence electrons. The minimum absolute atomic E-state index is 0.0524. The number of fused-ring (bicyclic) bond motifs is 1. The Morgan fingerprint density at radius 2 is 2.12 bits per heavy atom. The van der Waals surface area contributed by atoms with Crippen LogP contribution in [0.25, 0.3) is 10.2 Å². The van der Waals surface area contributed by atoms with Crippen molar-refractivity contribution in [1.29, 1.82) is 0 Å². The monoisotopic (exact) mass is 342 g/mol. The number of carbonyl (C=O) groups excluding carboxylic acids is 1. The Morgan fingerprint density at radius 1 is 1.33 bits per heavy atom. The quantitative estimate of drug-likeness (QED) is 0.683. The number of benzene rings is 1. The molecule has 6 heteroatoms. The average Bonchev–Trinajstić information content (AvgIpc) is 2.86. The van der Waals surface area contributed by atoms with Crippen LogP contribution in [-0.4, -0.2) is 22.1 Å². The SMILES string of the molecule is CCOC(=O)c1cccc(Cn2cnc3sc(C)c(C)c3c2=O)c1. The molecule has 1 aromatic carbocycles. The first-order valence-corrected chi connectivity index (χ1v) is 8.54. The van der Waals surface area contributed by atoms with Gasteiger partial charge in [0.1, 0.15) is 4.83 Å². The van der Waals surface area contributed by atoms with Crippen LogP contribution < -0.4 is 5.56 Å². The van der Waals surface area contributed by atoms with E-state index in [1.165, 1.54) is 11.3 Å². The summed E-state index contributed by atoms with van der Waals surface area (Å²) >= 11 is 1.53. The highest BCUT2D eigenvalue weighted by molar-refractivity contribution is 7.18. The lowest BCUT2D eigenvalue weighted by molar-refractivity contribution is 0.0526. The summed E-state index contributed by atoms with van der Waals surface area (Å²) < 4.78 is 6.59. The maximum absolute atomic E-state index is 12.7. The number of aromatic nitrogens is 2. The van der Waals surface area contributed by atoms with Crippen molar-refractivity contribution in [2.45, 2.75) is 27.3 Å². The Kier molecular flexibility index (Phi) is 4.49. The summed E-state index contributed by atoms with van der Waals surface area (Å²) in [5.74, 6) is -0.357. The standard InChI is InChI=1S/C18H18N2O3S/c1-4-23-18(22)14-7-5-6-13(8-14)9-20-10-19-16-15(17(20)21)11(2)12(3)24-16/h5-8,10H,4,9H2,1-3H3. The molecular formula is C18H18N2O3S. The van der Waals surface area contributed by atoms with Crippen molar-refractivity contribution in [1.82, 2.24) is 9.55 Å². The van der Waals surface area contributed by atoms with E-state index in [9.17, 15) is 9.59 Å². The van der Waals surface area contributed by atoms with Gasteiger partial charge in [-0.15, -0.1) is 11.3 Å². The molecule has 24 heavy (non-hydrogen) atoms. The fraction of sp³-hybridized carbons (Fsp3) is 0.278. The van der Waals surface area contributed by atoms with Gasteiger partial charge in [0.2, 0.25) is 0 Å². The summed E-state index contributed by atoms with van der Waals surface area (Å²) in [7, 11) is 0. The maximum atomic E-state index is 12.7. The zero-order valence-corrected chi connectivity index (χ0v) is 14.6.